The molecule has 132 valence electrons. The molecule has 1 atom stereocenters. The Balaban J connectivity index is 1.68. The molecule has 1 aromatic rings. The van der Waals surface area contributed by atoms with Crippen molar-refractivity contribution < 1.29 is 4.79 Å². The lowest BCUT2D eigenvalue weighted by Crippen LogP contribution is -2.47. The molecule has 1 heterocycles. The summed E-state index contributed by atoms with van der Waals surface area (Å²) in [6.07, 6.45) is 5.68. The molecule has 1 fully saturated rings. The number of amides is 1. The Bertz CT molecular complexity index is 564. The van der Waals surface area contributed by atoms with E-state index < -0.39 is 0 Å². The van der Waals surface area contributed by atoms with Gasteiger partial charge in [-0.25, -0.2) is 0 Å². The summed E-state index contributed by atoms with van der Waals surface area (Å²) in [6.45, 7) is 9.68. The van der Waals surface area contributed by atoms with Crippen molar-refractivity contribution in [1.29, 1.82) is 0 Å². The predicted molar refractivity (Wildman–Crippen MR) is 99.6 cm³/mol. The Labute approximate surface area is 146 Å². The zero-order chi connectivity index (χ0) is 16.9. The number of unbranched alkanes of at least 4 members (excludes halogenated alkanes) is 1. The van der Waals surface area contributed by atoms with Crippen molar-refractivity contribution in [1.82, 2.24) is 10.2 Å². The van der Waals surface area contributed by atoms with E-state index in [-0.39, 0.29) is 5.91 Å². The SMILES string of the molecule is CCCCN1CCN(c2cccc3c2C[C@H](NC(C)=O)CC3)CC1. The molecule has 24 heavy (non-hydrogen) atoms. The first-order chi connectivity index (χ1) is 11.7. The fourth-order valence-corrected chi connectivity index (χ4v) is 4.07. The van der Waals surface area contributed by atoms with E-state index in [0.717, 1.165) is 32.4 Å². The van der Waals surface area contributed by atoms with Crippen LogP contribution >= 0.6 is 0 Å². The second-order valence-corrected chi connectivity index (χ2v) is 7.24. The minimum absolute atomic E-state index is 0.0884. The lowest BCUT2D eigenvalue weighted by atomic mass is 9.86. The van der Waals surface area contributed by atoms with Crippen LogP contribution in [0.2, 0.25) is 0 Å². The Morgan fingerprint density at radius 1 is 1.25 bits per heavy atom. The van der Waals surface area contributed by atoms with E-state index in [4.69, 9.17) is 0 Å². The van der Waals surface area contributed by atoms with Gasteiger partial charge in [0.15, 0.2) is 0 Å². The molecule has 4 nitrogen and oxygen atoms in total. The van der Waals surface area contributed by atoms with Gasteiger partial charge in [-0.3, -0.25) is 9.69 Å². The molecule has 1 amide bonds. The molecular formula is C20H31N3O. The molecule has 3 rings (SSSR count). The smallest absolute Gasteiger partial charge is 0.217 e. The Morgan fingerprint density at radius 2 is 2.04 bits per heavy atom. The first kappa shape index (κ1) is 17.3. The maximum Gasteiger partial charge on any atom is 0.217 e. The van der Waals surface area contributed by atoms with Crippen molar-refractivity contribution in [2.45, 2.75) is 52.0 Å². The number of rotatable bonds is 5. The van der Waals surface area contributed by atoms with Gasteiger partial charge in [0.1, 0.15) is 0 Å². The summed E-state index contributed by atoms with van der Waals surface area (Å²) in [4.78, 5) is 16.6. The number of carbonyl (C=O) groups excluding carboxylic acids is 1. The molecule has 0 spiro atoms. The van der Waals surface area contributed by atoms with Crippen LogP contribution in [-0.2, 0) is 17.6 Å². The van der Waals surface area contributed by atoms with E-state index in [9.17, 15) is 4.79 Å². The number of anilines is 1. The average Bonchev–Trinajstić information content (AvgIpc) is 2.59. The van der Waals surface area contributed by atoms with Crippen LogP contribution in [0.25, 0.3) is 0 Å². The van der Waals surface area contributed by atoms with Crippen LogP contribution in [0.1, 0.15) is 44.2 Å². The minimum Gasteiger partial charge on any atom is -0.369 e. The molecule has 2 aliphatic rings. The van der Waals surface area contributed by atoms with Gasteiger partial charge in [0.05, 0.1) is 0 Å². The van der Waals surface area contributed by atoms with Crippen LogP contribution in [0, 0.1) is 0 Å². The van der Waals surface area contributed by atoms with Crippen LogP contribution in [0.3, 0.4) is 0 Å². The van der Waals surface area contributed by atoms with E-state index in [1.807, 2.05) is 0 Å². The molecule has 0 aromatic heterocycles. The van der Waals surface area contributed by atoms with Gasteiger partial charge in [-0.15, -0.1) is 0 Å². The van der Waals surface area contributed by atoms with Gasteiger partial charge >= 0.3 is 0 Å². The summed E-state index contributed by atoms with van der Waals surface area (Å²) in [5.74, 6) is 0.0884. The molecule has 1 N–H and O–H groups in total. The summed E-state index contributed by atoms with van der Waals surface area (Å²) in [5.41, 5.74) is 4.34. The lowest BCUT2D eigenvalue weighted by Gasteiger charge is -2.38. The third-order valence-electron chi connectivity index (χ3n) is 5.41. The number of aryl methyl sites for hydroxylation is 1. The van der Waals surface area contributed by atoms with Crippen molar-refractivity contribution in [3.8, 4) is 0 Å². The predicted octanol–water partition coefficient (Wildman–Crippen LogP) is 2.60. The normalized spacial score (nSPS) is 21.4. The van der Waals surface area contributed by atoms with Crippen molar-refractivity contribution in [2.75, 3.05) is 37.6 Å². The highest BCUT2D eigenvalue weighted by molar-refractivity contribution is 5.73. The van der Waals surface area contributed by atoms with Crippen molar-refractivity contribution in [3.05, 3.63) is 29.3 Å². The molecule has 0 unspecified atom stereocenters. The van der Waals surface area contributed by atoms with Gasteiger partial charge in [0.25, 0.3) is 0 Å². The van der Waals surface area contributed by atoms with Crippen LogP contribution in [-0.4, -0.2) is 49.6 Å². The number of nitrogens with one attached hydrogen (secondary N) is 1. The zero-order valence-corrected chi connectivity index (χ0v) is 15.2. The quantitative estimate of drug-likeness (QED) is 0.902. The number of benzene rings is 1. The highest BCUT2D eigenvalue weighted by Crippen LogP contribution is 2.31. The monoisotopic (exact) mass is 329 g/mol. The van der Waals surface area contributed by atoms with Crippen LogP contribution in [0.5, 0.6) is 0 Å². The average molecular weight is 329 g/mol. The maximum absolute atomic E-state index is 11.4. The van der Waals surface area contributed by atoms with Gasteiger partial charge in [0.2, 0.25) is 5.91 Å². The molecule has 0 saturated carbocycles. The van der Waals surface area contributed by atoms with Crippen molar-refractivity contribution in [2.24, 2.45) is 0 Å². The molecule has 1 saturated heterocycles. The fourth-order valence-electron chi connectivity index (χ4n) is 4.07. The molecular weight excluding hydrogens is 298 g/mol. The summed E-state index contributed by atoms with van der Waals surface area (Å²) in [7, 11) is 0. The van der Waals surface area contributed by atoms with Crippen LogP contribution < -0.4 is 10.2 Å². The molecule has 1 aromatic carbocycles. The van der Waals surface area contributed by atoms with E-state index in [0.29, 0.717) is 6.04 Å². The molecule has 0 radical (unpaired) electrons. The standard InChI is InChI=1S/C20H31N3O/c1-3-4-10-22-11-13-23(14-12-22)20-7-5-6-17-8-9-18(15-19(17)20)21-16(2)24/h5-7,18H,3-4,8-15H2,1-2H3,(H,21,24)/t18-/m1/s1. The van der Waals surface area contributed by atoms with Crippen LogP contribution in [0.15, 0.2) is 18.2 Å². The second kappa shape index (κ2) is 8.02. The largest absolute Gasteiger partial charge is 0.369 e. The number of nitrogens with zero attached hydrogens (tertiary/aromatic N) is 2. The number of fused-ring (bicyclic) bond motifs is 1. The first-order valence-electron chi connectivity index (χ1n) is 9.52. The molecule has 0 bridgehead atoms. The van der Waals surface area contributed by atoms with Gasteiger partial charge in [-0.2, -0.15) is 0 Å². The number of hydrogen-bond acceptors (Lipinski definition) is 3. The Kier molecular flexibility index (Phi) is 5.77. The Hall–Kier alpha value is -1.55. The van der Waals surface area contributed by atoms with E-state index in [1.54, 1.807) is 6.92 Å². The number of carbonyl (C=O) groups is 1. The van der Waals surface area contributed by atoms with E-state index >= 15 is 0 Å². The molecule has 1 aliphatic heterocycles. The summed E-state index contributed by atoms with van der Waals surface area (Å²) in [5, 5.41) is 3.12. The van der Waals surface area contributed by atoms with Gasteiger partial charge in [-0.1, -0.05) is 25.5 Å². The molecule has 4 heteroatoms. The number of hydrogen-bond donors (Lipinski definition) is 1. The van der Waals surface area contributed by atoms with Gasteiger partial charge < -0.3 is 10.2 Å². The minimum atomic E-state index is 0.0884. The molecule has 1 aliphatic carbocycles. The maximum atomic E-state index is 11.4. The first-order valence-corrected chi connectivity index (χ1v) is 9.52. The van der Waals surface area contributed by atoms with Crippen molar-refractivity contribution >= 4 is 11.6 Å². The lowest BCUT2D eigenvalue weighted by molar-refractivity contribution is -0.119. The highest BCUT2D eigenvalue weighted by atomic mass is 16.1. The van der Waals surface area contributed by atoms with E-state index in [1.165, 1.54) is 49.3 Å². The van der Waals surface area contributed by atoms with Crippen molar-refractivity contribution in [3.63, 3.8) is 0 Å². The summed E-state index contributed by atoms with van der Waals surface area (Å²) in [6, 6.07) is 7.04. The highest BCUT2D eigenvalue weighted by Gasteiger charge is 2.25. The number of piperazine rings is 1. The topological polar surface area (TPSA) is 35.6 Å². The third kappa shape index (κ3) is 4.10. The Morgan fingerprint density at radius 3 is 2.75 bits per heavy atom. The van der Waals surface area contributed by atoms with Gasteiger partial charge in [0, 0.05) is 44.8 Å². The van der Waals surface area contributed by atoms with Gasteiger partial charge in [-0.05, 0) is 49.4 Å². The van der Waals surface area contributed by atoms with E-state index in [2.05, 4.69) is 40.2 Å². The zero-order valence-electron chi connectivity index (χ0n) is 15.2. The fraction of sp³-hybridized carbons (Fsp3) is 0.650. The summed E-state index contributed by atoms with van der Waals surface area (Å²) >= 11 is 0. The third-order valence-corrected chi connectivity index (χ3v) is 5.41. The second-order valence-electron chi connectivity index (χ2n) is 7.24. The summed E-state index contributed by atoms with van der Waals surface area (Å²) < 4.78 is 0. The van der Waals surface area contributed by atoms with Crippen LogP contribution in [0.4, 0.5) is 5.69 Å².